The molecule has 3 heteroatoms. The van der Waals surface area contributed by atoms with Crippen LogP contribution in [0, 0.1) is 5.92 Å². The molecule has 102 valence electrons. The highest BCUT2D eigenvalue weighted by molar-refractivity contribution is 8.00. The molecule has 0 radical (unpaired) electrons. The molecule has 1 fully saturated rings. The molecule has 0 aliphatic carbocycles. The Kier molecular flexibility index (Phi) is 6.32. The molecule has 1 aliphatic heterocycles. The number of thioether (sulfide) groups is 1. The number of hydrogen-bond donors (Lipinski definition) is 1. The van der Waals surface area contributed by atoms with Crippen LogP contribution in [0.1, 0.15) is 47.5 Å². The van der Waals surface area contributed by atoms with Crippen LogP contribution < -0.4 is 5.32 Å². The summed E-state index contributed by atoms with van der Waals surface area (Å²) in [4.78, 5) is 0. The van der Waals surface area contributed by atoms with Crippen molar-refractivity contribution in [1.29, 1.82) is 0 Å². The third-order valence-electron chi connectivity index (χ3n) is 3.11. The molecule has 0 aromatic heterocycles. The molecule has 0 bridgehead atoms. The zero-order chi connectivity index (χ0) is 12.9. The summed E-state index contributed by atoms with van der Waals surface area (Å²) in [6.45, 7) is 14.4. The van der Waals surface area contributed by atoms with Gasteiger partial charge in [0.15, 0.2) is 0 Å². The molecule has 1 rings (SSSR count). The quantitative estimate of drug-likeness (QED) is 0.818. The molecular weight excluding hydrogens is 230 g/mol. The second kappa shape index (κ2) is 7.01. The monoisotopic (exact) mass is 259 g/mol. The Hall–Kier alpha value is 0.270. The van der Waals surface area contributed by atoms with Gasteiger partial charge in [0, 0.05) is 35.8 Å². The van der Waals surface area contributed by atoms with Crippen molar-refractivity contribution in [3.8, 4) is 0 Å². The van der Waals surface area contributed by atoms with Gasteiger partial charge in [-0.05, 0) is 39.5 Å². The van der Waals surface area contributed by atoms with Crippen molar-refractivity contribution in [3.05, 3.63) is 0 Å². The van der Waals surface area contributed by atoms with Crippen LogP contribution in [-0.4, -0.2) is 35.8 Å². The van der Waals surface area contributed by atoms with Crippen LogP contribution in [0.15, 0.2) is 0 Å². The molecule has 0 aromatic rings. The van der Waals surface area contributed by atoms with E-state index >= 15 is 0 Å². The van der Waals surface area contributed by atoms with E-state index in [0.717, 1.165) is 36.2 Å². The van der Waals surface area contributed by atoms with Gasteiger partial charge in [-0.2, -0.15) is 11.8 Å². The number of ether oxygens (including phenoxy) is 1. The lowest BCUT2D eigenvalue weighted by atomic mass is 10.1. The Morgan fingerprint density at radius 2 is 1.82 bits per heavy atom. The van der Waals surface area contributed by atoms with Crippen molar-refractivity contribution in [2.45, 2.75) is 63.5 Å². The van der Waals surface area contributed by atoms with Crippen LogP contribution in [0.25, 0.3) is 0 Å². The van der Waals surface area contributed by atoms with Gasteiger partial charge in [-0.1, -0.05) is 13.8 Å². The highest BCUT2D eigenvalue weighted by Crippen LogP contribution is 2.30. The second-order valence-electron chi connectivity index (χ2n) is 6.36. The summed E-state index contributed by atoms with van der Waals surface area (Å²) in [5, 5.41) is 5.16. The standard InChI is InChI=1S/C14H29NOS/c1-11(2)13(10-15-14(3,4)5)17-12-6-8-16-9-7-12/h11-13,15H,6-10H2,1-5H3. The van der Waals surface area contributed by atoms with Gasteiger partial charge >= 0.3 is 0 Å². The molecular formula is C14H29NOS. The Bertz CT molecular complexity index is 207. The van der Waals surface area contributed by atoms with Gasteiger partial charge in [-0.3, -0.25) is 0 Å². The fraction of sp³-hybridized carbons (Fsp3) is 1.00. The van der Waals surface area contributed by atoms with Gasteiger partial charge in [0.25, 0.3) is 0 Å². The van der Waals surface area contributed by atoms with Crippen molar-refractivity contribution in [2.24, 2.45) is 5.92 Å². The normalized spacial score (nSPS) is 20.8. The van der Waals surface area contributed by atoms with E-state index in [1.165, 1.54) is 12.8 Å². The third-order valence-corrected chi connectivity index (χ3v) is 5.03. The van der Waals surface area contributed by atoms with E-state index in [4.69, 9.17) is 4.74 Å². The van der Waals surface area contributed by atoms with Crippen LogP contribution in [0.5, 0.6) is 0 Å². The minimum Gasteiger partial charge on any atom is -0.381 e. The Labute approximate surface area is 111 Å². The van der Waals surface area contributed by atoms with Crippen molar-refractivity contribution >= 4 is 11.8 Å². The smallest absolute Gasteiger partial charge is 0.0476 e. The lowest BCUT2D eigenvalue weighted by Gasteiger charge is -2.31. The fourth-order valence-corrected chi connectivity index (χ4v) is 3.36. The second-order valence-corrected chi connectivity index (χ2v) is 7.91. The van der Waals surface area contributed by atoms with Gasteiger partial charge in [0.1, 0.15) is 0 Å². The minimum absolute atomic E-state index is 0.226. The van der Waals surface area contributed by atoms with Gasteiger partial charge in [-0.25, -0.2) is 0 Å². The van der Waals surface area contributed by atoms with E-state index in [1.54, 1.807) is 0 Å². The first-order valence-electron chi connectivity index (χ1n) is 6.87. The molecule has 1 heterocycles. The summed E-state index contributed by atoms with van der Waals surface area (Å²) < 4.78 is 5.43. The Balaban J connectivity index is 2.37. The molecule has 0 aromatic carbocycles. The van der Waals surface area contributed by atoms with Gasteiger partial charge in [0.2, 0.25) is 0 Å². The fourth-order valence-electron chi connectivity index (χ4n) is 1.91. The van der Waals surface area contributed by atoms with E-state index in [-0.39, 0.29) is 5.54 Å². The molecule has 1 aliphatic rings. The van der Waals surface area contributed by atoms with E-state index in [2.05, 4.69) is 51.7 Å². The maximum absolute atomic E-state index is 5.43. The average molecular weight is 259 g/mol. The maximum Gasteiger partial charge on any atom is 0.0476 e. The maximum atomic E-state index is 5.43. The van der Waals surface area contributed by atoms with Gasteiger partial charge < -0.3 is 10.1 Å². The molecule has 1 unspecified atom stereocenters. The third kappa shape index (κ3) is 6.68. The van der Waals surface area contributed by atoms with E-state index < -0.39 is 0 Å². The largest absolute Gasteiger partial charge is 0.381 e. The topological polar surface area (TPSA) is 21.3 Å². The van der Waals surface area contributed by atoms with Crippen LogP contribution in [0.2, 0.25) is 0 Å². The van der Waals surface area contributed by atoms with Gasteiger partial charge in [0.05, 0.1) is 0 Å². The molecule has 0 spiro atoms. The zero-order valence-electron chi connectivity index (χ0n) is 12.1. The summed E-state index contributed by atoms with van der Waals surface area (Å²) in [6, 6.07) is 0. The minimum atomic E-state index is 0.226. The van der Waals surface area contributed by atoms with E-state index in [0.29, 0.717) is 0 Å². The predicted molar refractivity (Wildman–Crippen MR) is 77.8 cm³/mol. The summed E-state index contributed by atoms with van der Waals surface area (Å²) in [7, 11) is 0. The summed E-state index contributed by atoms with van der Waals surface area (Å²) in [5.74, 6) is 0.734. The van der Waals surface area contributed by atoms with Crippen molar-refractivity contribution in [3.63, 3.8) is 0 Å². The van der Waals surface area contributed by atoms with Crippen molar-refractivity contribution in [2.75, 3.05) is 19.8 Å². The van der Waals surface area contributed by atoms with E-state index in [1.807, 2.05) is 0 Å². The summed E-state index contributed by atoms with van der Waals surface area (Å²) >= 11 is 2.17. The van der Waals surface area contributed by atoms with Gasteiger partial charge in [-0.15, -0.1) is 0 Å². The lowest BCUT2D eigenvalue weighted by Crippen LogP contribution is -2.42. The van der Waals surface area contributed by atoms with Crippen LogP contribution in [-0.2, 0) is 4.74 Å². The average Bonchev–Trinajstić information content (AvgIpc) is 2.24. The highest BCUT2D eigenvalue weighted by Gasteiger charge is 2.23. The first kappa shape index (κ1) is 15.3. The Morgan fingerprint density at radius 1 is 1.24 bits per heavy atom. The highest BCUT2D eigenvalue weighted by atomic mass is 32.2. The number of nitrogens with one attached hydrogen (secondary N) is 1. The van der Waals surface area contributed by atoms with Crippen LogP contribution in [0.4, 0.5) is 0 Å². The first-order valence-corrected chi connectivity index (χ1v) is 7.81. The van der Waals surface area contributed by atoms with Crippen LogP contribution in [0.3, 0.4) is 0 Å². The molecule has 0 amide bonds. The van der Waals surface area contributed by atoms with E-state index in [9.17, 15) is 0 Å². The molecule has 0 saturated carbocycles. The lowest BCUT2D eigenvalue weighted by molar-refractivity contribution is 0.0998. The molecule has 1 saturated heterocycles. The first-order chi connectivity index (χ1) is 7.88. The molecule has 1 atom stereocenters. The molecule has 2 nitrogen and oxygen atoms in total. The summed E-state index contributed by atoms with van der Waals surface area (Å²) in [5.41, 5.74) is 0.226. The zero-order valence-corrected chi connectivity index (χ0v) is 12.9. The van der Waals surface area contributed by atoms with Crippen molar-refractivity contribution < 1.29 is 4.74 Å². The van der Waals surface area contributed by atoms with Crippen LogP contribution >= 0.6 is 11.8 Å². The predicted octanol–water partition coefficient (Wildman–Crippen LogP) is 3.31. The molecule has 17 heavy (non-hydrogen) atoms. The molecule has 1 N–H and O–H groups in total. The SMILES string of the molecule is CC(C)C(CNC(C)(C)C)SC1CCOCC1. The number of hydrogen-bond acceptors (Lipinski definition) is 3. The summed E-state index contributed by atoms with van der Waals surface area (Å²) in [6.07, 6.45) is 2.45. The number of rotatable bonds is 5. The Morgan fingerprint density at radius 3 is 2.29 bits per heavy atom. The van der Waals surface area contributed by atoms with Crippen molar-refractivity contribution in [1.82, 2.24) is 5.32 Å².